The highest BCUT2D eigenvalue weighted by Crippen LogP contribution is 2.24. The van der Waals surface area contributed by atoms with Gasteiger partial charge in [0.05, 0.1) is 25.0 Å². The zero-order valence-electron chi connectivity index (χ0n) is 15.8. The molecule has 1 aromatic heterocycles. The van der Waals surface area contributed by atoms with E-state index < -0.39 is 0 Å². The van der Waals surface area contributed by atoms with Gasteiger partial charge in [-0.3, -0.25) is 0 Å². The van der Waals surface area contributed by atoms with E-state index in [9.17, 15) is 4.79 Å². The standard InChI is InChI=1S/C23H24O4/c1-4-16(2)26-13-5-6-17-7-8-19-15-21(23(24)27-22(19)14-17)18-9-11-20(25-3)12-10-18/h7-12,14-15H,2,4-6,13H2,1,3H3. The van der Waals surface area contributed by atoms with Crippen molar-refractivity contribution < 1.29 is 13.9 Å². The van der Waals surface area contributed by atoms with Crippen LogP contribution in [0.1, 0.15) is 25.3 Å². The fraction of sp³-hybridized carbons (Fsp3) is 0.261. The first-order chi connectivity index (χ1) is 13.1. The molecule has 0 unspecified atom stereocenters. The Morgan fingerprint density at radius 3 is 2.59 bits per heavy atom. The summed E-state index contributed by atoms with van der Waals surface area (Å²) in [5.74, 6) is 1.56. The third-order valence-corrected chi connectivity index (χ3v) is 4.51. The Morgan fingerprint density at radius 1 is 1.11 bits per heavy atom. The Bertz CT molecular complexity index is 983. The molecule has 3 rings (SSSR count). The van der Waals surface area contributed by atoms with Gasteiger partial charge >= 0.3 is 5.63 Å². The van der Waals surface area contributed by atoms with Crippen molar-refractivity contribution in [2.75, 3.05) is 13.7 Å². The molecule has 0 saturated heterocycles. The normalized spacial score (nSPS) is 10.7. The Labute approximate surface area is 159 Å². The zero-order valence-corrected chi connectivity index (χ0v) is 15.8. The molecule has 0 spiro atoms. The van der Waals surface area contributed by atoms with E-state index in [0.717, 1.165) is 47.3 Å². The molecule has 3 aromatic rings. The van der Waals surface area contributed by atoms with E-state index in [1.165, 1.54) is 0 Å². The number of allylic oxidation sites excluding steroid dienone is 1. The van der Waals surface area contributed by atoms with Crippen molar-refractivity contribution in [3.63, 3.8) is 0 Å². The Hall–Kier alpha value is -3.01. The van der Waals surface area contributed by atoms with E-state index in [2.05, 4.69) is 12.6 Å². The van der Waals surface area contributed by atoms with Crippen molar-refractivity contribution in [2.24, 2.45) is 0 Å². The highest BCUT2D eigenvalue weighted by molar-refractivity contribution is 5.82. The maximum Gasteiger partial charge on any atom is 0.344 e. The fourth-order valence-electron chi connectivity index (χ4n) is 2.88. The summed E-state index contributed by atoms with van der Waals surface area (Å²) in [6, 6.07) is 15.2. The van der Waals surface area contributed by atoms with Crippen LogP contribution in [-0.2, 0) is 11.2 Å². The predicted molar refractivity (Wildman–Crippen MR) is 108 cm³/mol. The van der Waals surface area contributed by atoms with E-state index in [1.807, 2.05) is 49.4 Å². The second-order valence-corrected chi connectivity index (χ2v) is 6.39. The fourth-order valence-corrected chi connectivity index (χ4v) is 2.88. The molecule has 0 atom stereocenters. The lowest BCUT2D eigenvalue weighted by atomic mass is 10.0. The molecule has 140 valence electrons. The number of rotatable bonds is 8. The second kappa shape index (κ2) is 8.58. The van der Waals surface area contributed by atoms with Crippen LogP contribution in [0, 0.1) is 0 Å². The van der Waals surface area contributed by atoms with Crippen LogP contribution in [0.4, 0.5) is 0 Å². The molecular weight excluding hydrogens is 340 g/mol. The largest absolute Gasteiger partial charge is 0.499 e. The number of hydrogen-bond acceptors (Lipinski definition) is 4. The summed E-state index contributed by atoms with van der Waals surface area (Å²) in [4.78, 5) is 12.4. The first-order valence-corrected chi connectivity index (χ1v) is 9.12. The summed E-state index contributed by atoms with van der Waals surface area (Å²) >= 11 is 0. The topological polar surface area (TPSA) is 48.7 Å². The zero-order chi connectivity index (χ0) is 19.2. The van der Waals surface area contributed by atoms with Crippen LogP contribution < -0.4 is 10.4 Å². The minimum Gasteiger partial charge on any atom is -0.499 e. The third-order valence-electron chi connectivity index (χ3n) is 4.51. The molecular formula is C23H24O4. The number of ether oxygens (including phenoxy) is 2. The SMILES string of the molecule is C=C(CC)OCCCc1ccc2cc(-c3ccc(OC)cc3)c(=O)oc2c1. The van der Waals surface area contributed by atoms with Gasteiger partial charge in [-0.25, -0.2) is 4.79 Å². The average molecular weight is 364 g/mol. The molecule has 27 heavy (non-hydrogen) atoms. The average Bonchev–Trinajstić information content (AvgIpc) is 2.70. The van der Waals surface area contributed by atoms with Crippen molar-refractivity contribution in [2.45, 2.75) is 26.2 Å². The van der Waals surface area contributed by atoms with E-state index in [0.29, 0.717) is 17.8 Å². The molecule has 0 aliphatic heterocycles. The van der Waals surface area contributed by atoms with Crippen LogP contribution in [0.2, 0.25) is 0 Å². The van der Waals surface area contributed by atoms with E-state index in [-0.39, 0.29) is 5.63 Å². The predicted octanol–water partition coefficient (Wildman–Crippen LogP) is 5.34. The van der Waals surface area contributed by atoms with Gasteiger partial charge in [-0.05, 0) is 48.2 Å². The molecule has 0 aliphatic carbocycles. The summed E-state index contributed by atoms with van der Waals surface area (Å²) in [6.45, 7) is 6.50. The minimum absolute atomic E-state index is 0.340. The molecule has 0 radical (unpaired) electrons. The van der Waals surface area contributed by atoms with Gasteiger partial charge in [0.25, 0.3) is 0 Å². The maximum absolute atomic E-state index is 12.4. The lowest BCUT2D eigenvalue weighted by molar-refractivity contribution is 0.202. The molecule has 0 bridgehead atoms. The van der Waals surface area contributed by atoms with Crippen molar-refractivity contribution in [3.8, 4) is 16.9 Å². The van der Waals surface area contributed by atoms with Crippen molar-refractivity contribution in [1.29, 1.82) is 0 Å². The lowest BCUT2D eigenvalue weighted by Crippen LogP contribution is -2.03. The van der Waals surface area contributed by atoms with Crippen LogP contribution >= 0.6 is 0 Å². The second-order valence-electron chi connectivity index (χ2n) is 6.39. The van der Waals surface area contributed by atoms with Crippen molar-refractivity contribution in [3.05, 3.63) is 76.9 Å². The summed E-state index contributed by atoms with van der Waals surface area (Å²) in [7, 11) is 1.61. The van der Waals surface area contributed by atoms with Gasteiger partial charge in [-0.15, -0.1) is 0 Å². The van der Waals surface area contributed by atoms with Gasteiger partial charge in [-0.1, -0.05) is 37.8 Å². The summed E-state index contributed by atoms with van der Waals surface area (Å²) < 4.78 is 16.3. The van der Waals surface area contributed by atoms with Crippen LogP contribution in [-0.4, -0.2) is 13.7 Å². The van der Waals surface area contributed by atoms with Gasteiger partial charge in [0.15, 0.2) is 0 Å². The van der Waals surface area contributed by atoms with Gasteiger partial charge in [0.2, 0.25) is 0 Å². The van der Waals surface area contributed by atoms with Gasteiger partial charge in [0.1, 0.15) is 11.3 Å². The highest BCUT2D eigenvalue weighted by atomic mass is 16.5. The summed E-state index contributed by atoms with van der Waals surface area (Å²) in [5.41, 5.74) is 2.74. The van der Waals surface area contributed by atoms with Crippen LogP contribution in [0.15, 0.2) is 70.1 Å². The Kier molecular flexibility index (Phi) is 5.97. The number of hydrogen-bond donors (Lipinski definition) is 0. The highest BCUT2D eigenvalue weighted by Gasteiger charge is 2.09. The van der Waals surface area contributed by atoms with E-state index >= 15 is 0 Å². The van der Waals surface area contributed by atoms with Crippen LogP contribution in [0.5, 0.6) is 5.75 Å². The number of aryl methyl sites for hydroxylation is 1. The molecule has 4 heteroatoms. The molecule has 0 fully saturated rings. The van der Waals surface area contributed by atoms with Crippen molar-refractivity contribution in [1.82, 2.24) is 0 Å². The van der Waals surface area contributed by atoms with E-state index in [4.69, 9.17) is 13.9 Å². The molecule has 2 aromatic carbocycles. The summed E-state index contributed by atoms with van der Waals surface area (Å²) in [5, 5.41) is 0.903. The van der Waals surface area contributed by atoms with Crippen LogP contribution in [0.3, 0.4) is 0 Å². The number of methoxy groups -OCH3 is 1. The molecule has 0 amide bonds. The third kappa shape index (κ3) is 4.59. The van der Waals surface area contributed by atoms with E-state index in [1.54, 1.807) is 7.11 Å². The van der Waals surface area contributed by atoms with Gasteiger partial charge < -0.3 is 13.9 Å². The monoisotopic (exact) mass is 364 g/mol. The quantitative estimate of drug-likeness (QED) is 0.307. The van der Waals surface area contributed by atoms with Gasteiger partial charge in [0, 0.05) is 11.8 Å². The first-order valence-electron chi connectivity index (χ1n) is 9.12. The molecule has 1 heterocycles. The number of fused-ring (bicyclic) bond motifs is 1. The molecule has 4 nitrogen and oxygen atoms in total. The van der Waals surface area contributed by atoms with Gasteiger partial charge in [-0.2, -0.15) is 0 Å². The minimum atomic E-state index is -0.340. The molecule has 0 N–H and O–H groups in total. The van der Waals surface area contributed by atoms with Crippen molar-refractivity contribution >= 4 is 11.0 Å². The van der Waals surface area contributed by atoms with Crippen LogP contribution in [0.25, 0.3) is 22.1 Å². The molecule has 0 saturated carbocycles. The first kappa shape index (κ1) is 18.8. The molecule has 0 aliphatic rings. The Balaban J connectivity index is 1.78. The maximum atomic E-state index is 12.4. The summed E-state index contributed by atoms with van der Waals surface area (Å²) in [6.07, 6.45) is 2.58. The smallest absolute Gasteiger partial charge is 0.344 e. The number of benzene rings is 2. The lowest BCUT2D eigenvalue weighted by Gasteiger charge is -2.08. The Morgan fingerprint density at radius 2 is 1.89 bits per heavy atom.